The van der Waals surface area contributed by atoms with E-state index in [0.717, 1.165) is 10.9 Å². The molecule has 0 bridgehead atoms. The highest BCUT2D eigenvalue weighted by Gasteiger charge is 2.17. The summed E-state index contributed by atoms with van der Waals surface area (Å²) in [6.07, 6.45) is 3.11. The van der Waals surface area contributed by atoms with E-state index in [4.69, 9.17) is 4.74 Å². The summed E-state index contributed by atoms with van der Waals surface area (Å²) in [5.74, 6) is 0. The first-order valence-corrected chi connectivity index (χ1v) is 5.51. The zero-order valence-corrected chi connectivity index (χ0v) is 10.2. The number of carbonyl (C=O) groups is 1. The molecule has 0 aromatic carbocycles. The van der Waals surface area contributed by atoms with Gasteiger partial charge in [-0.3, -0.25) is 4.57 Å². The van der Waals surface area contributed by atoms with Gasteiger partial charge in [-0.15, -0.1) is 0 Å². The van der Waals surface area contributed by atoms with Crippen molar-refractivity contribution in [3.05, 3.63) is 24.0 Å². The van der Waals surface area contributed by atoms with Crippen LogP contribution in [0.5, 0.6) is 0 Å². The molecule has 0 fully saturated rings. The largest absolute Gasteiger partial charge is 0.443 e. The standard InChI is InChI=1S/C10H14BrNO2/c1-10(2,3)14-9(13)12-5-4-8(6-11)7-12/h4-5,7H,6H2,1-3H3. The molecule has 4 heteroatoms. The molecule has 1 rings (SSSR count). The second-order valence-electron chi connectivity index (χ2n) is 4.04. The van der Waals surface area contributed by atoms with Crippen molar-refractivity contribution in [2.75, 3.05) is 0 Å². The van der Waals surface area contributed by atoms with Crippen LogP contribution in [0.2, 0.25) is 0 Å². The molecule has 0 spiro atoms. The molecule has 1 aromatic rings. The first kappa shape index (κ1) is 11.3. The summed E-state index contributed by atoms with van der Waals surface area (Å²) < 4.78 is 6.64. The molecule has 1 aromatic heterocycles. The fourth-order valence-corrected chi connectivity index (χ4v) is 1.28. The SMILES string of the molecule is CC(C)(C)OC(=O)n1ccc(CBr)c1. The van der Waals surface area contributed by atoms with Gasteiger partial charge < -0.3 is 4.74 Å². The Balaban J connectivity index is 2.70. The average Bonchev–Trinajstić information content (AvgIpc) is 2.48. The maximum absolute atomic E-state index is 11.5. The molecule has 0 N–H and O–H groups in total. The van der Waals surface area contributed by atoms with Crippen LogP contribution in [0.25, 0.3) is 0 Å². The number of nitrogens with zero attached hydrogens (tertiary/aromatic N) is 1. The molecule has 0 aliphatic carbocycles. The molecule has 0 radical (unpaired) electrons. The Morgan fingerprint density at radius 3 is 2.64 bits per heavy atom. The Labute approximate surface area is 92.2 Å². The fourth-order valence-electron chi connectivity index (χ4n) is 0.948. The predicted octanol–water partition coefficient (Wildman–Crippen LogP) is 3.17. The van der Waals surface area contributed by atoms with Crippen LogP contribution in [0, 0.1) is 0 Å². The Bertz CT molecular complexity index is 325. The van der Waals surface area contributed by atoms with Crippen LogP contribution in [0.4, 0.5) is 4.79 Å². The van der Waals surface area contributed by atoms with Crippen molar-refractivity contribution in [3.63, 3.8) is 0 Å². The van der Waals surface area contributed by atoms with Crippen LogP contribution in [-0.2, 0) is 10.1 Å². The van der Waals surface area contributed by atoms with Crippen LogP contribution in [0.15, 0.2) is 18.5 Å². The molecular formula is C10H14BrNO2. The minimum absolute atomic E-state index is 0.343. The molecule has 0 unspecified atom stereocenters. The molecular weight excluding hydrogens is 246 g/mol. The second kappa shape index (κ2) is 4.17. The lowest BCUT2D eigenvalue weighted by Gasteiger charge is -2.19. The summed E-state index contributed by atoms with van der Waals surface area (Å²) >= 11 is 3.32. The van der Waals surface area contributed by atoms with E-state index in [0.29, 0.717) is 0 Å². The van der Waals surface area contributed by atoms with Gasteiger partial charge in [-0.1, -0.05) is 15.9 Å². The third-order valence-corrected chi connectivity index (χ3v) is 2.16. The Morgan fingerprint density at radius 1 is 1.57 bits per heavy atom. The molecule has 1 heterocycles. The molecule has 0 atom stereocenters. The van der Waals surface area contributed by atoms with Crippen LogP contribution in [-0.4, -0.2) is 16.3 Å². The summed E-state index contributed by atoms with van der Waals surface area (Å²) in [5, 5.41) is 0.739. The van der Waals surface area contributed by atoms with Gasteiger partial charge in [0.25, 0.3) is 0 Å². The summed E-state index contributed by atoms with van der Waals surface area (Å²) in [6.45, 7) is 5.54. The number of rotatable bonds is 1. The number of aromatic nitrogens is 1. The van der Waals surface area contributed by atoms with Gasteiger partial charge in [0.1, 0.15) is 5.60 Å². The highest BCUT2D eigenvalue weighted by Crippen LogP contribution is 2.11. The summed E-state index contributed by atoms with van der Waals surface area (Å²) in [7, 11) is 0. The minimum atomic E-state index is -0.448. The van der Waals surface area contributed by atoms with E-state index in [1.54, 1.807) is 12.4 Å². The van der Waals surface area contributed by atoms with Crippen LogP contribution in [0.1, 0.15) is 26.3 Å². The van der Waals surface area contributed by atoms with Gasteiger partial charge in [0, 0.05) is 17.7 Å². The van der Waals surface area contributed by atoms with Crippen LogP contribution < -0.4 is 0 Å². The smallest absolute Gasteiger partial charge is 0.418 e. The van der Waals surface area contributed by atoms with Crippen molar-refractivity contribution in [2.45, 2.75) is 31.7 Å². The zero-order chi connectivity index (χ0) is 10.8. The second-order valence-corrected chi connectivity index (χ2v) is 4.60. The number of halogens is 1. The van der Waals surface area contributed by atoms with Gasteiger partial charge in [0.05, 0.1) is 0 Å². The van der Waals surface area contributed by atoms with Gasteiger partial charge in [-0.2, -0.15) is 0 Å². The van der Waals surface area contributed by atoms with E-state index in [2.05, 4.69) is 15.9 Å². The normalized spacial score (nSPS) is 11.4. The minimum Gasteiger partial charge on any atom is -0.443 e. The van der Waals surface area contributed by atoms with E-state index in [1.165, 1.54) is 4.57 Å². The van der Waals surface area contributed by atoms with E-state index in [1.807, 2.05) is 26.8 Å². The van der Waals surface area contributed by atoms with Gasteiger partial charge in [0.15, 0.2) is 0 Å². The lowest BCUT2D eigenvalue weighted by Crippen LogP contribution is -2.26. The van der Waals surface area contributed by atoms with Crippen molar-refractivity contribution in [1.82, 2.24) is 4.57 Å². The molecule has 3 nitrogen and oxygen atoms in total. The fraction of sp³-hybridized carbons (Fsp3) is 0.500. The topological polar surface area (TPSA) is 31.2 Å². The maximum atomic E-state index is 11.5. The Morgan fingerprint density at radius 2 is 2.21 bits per heavy atom. The third-order valence-electron chi connectivity index (χ3n) is 1.51. The van der Waals surface area contributed by atoms with E-state index in [-0.39, 0.29) is 6.09 Å². The van der Waals surface area contributed by atoms with Crippen molar-refractivity contribution in [1.29, 1.82) is 0 Å². The molecule has 0 saturated carbocycles. The number of hydrogen-bond donors (Lipinski definition) is 0. The van der Waals surface area contributed by atoms with E-state index < -0.39 is 5.60 Å². The third kappa shape index (κ3) is 3.18. The molecule has 0 aliphatic rings. The maximum Gasteiger partial charge on any atom is 0.418 e. The van der Waals surface area contributed by atoms with Gasteiger partial charge in [-0.25, -0.2) is 4.79 Å². The molecule has 0 aliphatic heterocycles. The van der Waals surface area contributed by atoms with Gasteiger partial charge in [0.2, 0.25) is 0 Å². The molecule has 78 valence electrons. The summed E-state index contributed by atoms with van der Waals surface area (Å²) in [6, 6.07) is 1.87. The average molecular weight is 260 g/mol. The summed E-state index contributed by atoms with van der Waals surface area (Å²) in [5.41, 5.74) is 0.603. The Hall–Kier alpha value is -0.770. The van der Waals surface area contributed by atoms with Gasteiger partial charge >= 0.3 is 6.09 Å². The molecule has 14 heavy (non-hydrogen) atoms. The number of carbonyl (C=O) groups excluding carboxylic acids is 1. The quantitative estimate of drug-likeness (QED) is 0.726. The molecule has 0 saturated heterocycles. The van der Waals surface area contributed by atoms with Crippen molar-refractivity contribution in [3.8, 4) is 0 Å². The predicted molar refractivity (Wildman–Crippen MR) is 58.7 cm³/mol. The first-order chi connectivity index (χ1) is 6.42. The monoisotopic (exact) mass is 259 g/mol. The van der Waals surface area contributed by atoms with Crippen molar-refractivity contribution >= 4 is 22.0 Å². The zero-order valence-electron chi connectivity index (χ0n) is 8.58. The number of alkyl halides is 1. The molecule has 0 amide bonds. The van der Waals surface area contributed by atoms with Crippen LogP contribution in [0.3, 0.4) is 0 Å². The Kier molecular flexibility index (Phi) is 3.37. The van der Waals surface area contributed by atoms with Crippen molar-refractivity contribution in [2.24, 2.45) is 0 Å². The highest BCUT2D eigenvalue weighted by molar-refractivity contribution is 9.08. The summed E-state index contributed by atoms with van der Waals surface area (Å²) in [4.78, 5) is 11.5. The highest BCUT2D eigenvalue weighted by atomic mass is 79.9. The van der Waals surface area contributed by atoms with E-state index in [9.17, 15) is 4.79 Å². The van der Waals surface area contributed by atoms with Crippen molar-refractivity contribution < 1.29 is 9.53 Å². The van der Waals surface area contributed by atoms with E-state index >= 15 is 0 Å². The number of ether oxygens (including phenoxy) is 1. The van der Waals surface area contributed by atoms with Gasteiger partial charge in [-0.05, 0) is 32.4 Å². The van der Waals surface area contributed by atoms with Crippen LogP contribution >= 0.6 is 15.9 Å². The lowest BCUT2D eigenvalue weighted by molar-refractivity contribution is 0.0537. The number of hydrogen-bond acceptors (Lipinski definition) is 2. The first-order valence-electron chi connectivity index (χ1n) is 4.38. The lowest BCUT2D eigenvalue weighted by atomic mass is 10.2.